The van der Waals surface area contributed by atoms with Crippen LogP contribution >= 0.6 is 0 Å². The molecule has 1 aliphatic heterocycles. The first kappa shape index (κ1) is 18.9. The summed E-state index contributed by atoms with van der Waals surface area (Å²) in [4.78, 5) is 36.8. The van der Waals surface area contributed by atoms with Gasteiger partial charge in [0.15, 0.2) is 17.3 Å². The van der Waals surface area contributed by atoms with Gasteiger partial charge in [-0.1, -0.05) is 17.7 Å². The molecule has 0 N–H and O–H groups in total. The first-order chi connectivity index (χ1) is 12.3. The molecule has 1 aromatic rings. The second-order valence-corrected chi connectivity index (χ2v) is 9.05. The molecule has 3 rings (SSSR count). The average Bonchev–Trinajstić information content (AvgIpc) is 2.62. The molecule has 0 bridgehead atoms. The topological polar surface area (TPSA) is 88.6 Å². The summed E-state index contributed by atoms with van der Waals surface area (Å²) in [5, 5.41) is 0. The maximum absolute atomic E-state index is 12.7. The highest BCUT2D eigenvalue weighted by molar-refractivity contribution is 7.89. The van der Waals surface area contributed by atoms with Crippen LogP contribution in [0.4, 0.5) is 0 Å². The van der Waals surface area contributed by atoms with Gasteiger partial charge < -0.3 is 0 Å². The lowest BCUT2D eigenvalue weighted by Gasteiger charge is -2.32. The number of Topliss-reactive ketones (excluding diaryl/α,β-unsaturated/α-hetero) is 3. The largest absolute Gasteiger partial charge is 0.298 e. The van der Waals surface area contributed by atoms with Crippen LogP contribution in [0.15, 0.2) is 29.2 Å². The Morgan fingerprint density at radius 1 is 1.00 bits per heavy atom. The second-order valence-electron chi connectivity index (χ2n) is 7.11. The number of carbonyl (C=O) groups excluding carboxylic acids is 3. The van der Waals surface area contributed by atoms with Crippen molar-refractivity contribution in [3.8, 4) is 0 Å². The molecular weight excluding hydrogens is 354 g/mol. The molecule has 0 unspecified atom stereocenters. The fourth-order valence-corrected chi connectivity index (χ4v) is 5.17. The molecule has 7 heteroatoms. The first-order valence-electron chi connectivity index (χ1n) is 8.96. The summed E-state index contributed by atoms with van der Waals surface area (Å²) in [6, 6.07) is 6.68. The minimum atomic E-state index is -3.59. The van der Waals surface area contributed by atoms with Gasteiger partial charge in [0.2, 0.25) is 10.0 Å². The molecule has 0 spiro atoms. The average molecular weight is 377 g/mol. The van der Waals surface area contributed by atoms with Crippen LogP contribution in [-0.2, 0) is 24.4 Å². The number of nitrogens with zero attached hydrogens (tertiary/aromatic N) is 1. The van der Waals surface area contributed by atoms with Crippen LogP contribution < -0.4 is 0 Å². The van der Waals surface area contributed by atoms with Crippen LogP contribution in [-0.4, -0.2) is 43.2 Å². The third-order valence-electron chi connectivity index (χ3n) is 5.29. The van der Waals surface area contributed by atoms with Crippen molar-refractivity contribution in [2.75, 3.05) is 13.1 Å². The fourth-order valence-electron chi connectivity index (χ4n) is 3.70. The molecule has 1 heterocycles. The number of carbonyl (C=O) groups is 3. The Hall–Kier alpha value is -1.86. The van der Waals surface area contributed by atoms with E-state index in [1.54, 1.807) is 24.3 Å². The summed E-state index contributed by atoms with van der Waals surface area (Å²) in [5.41, 5.74) is 0.982. The third-order valence-corrected chi connectivity index (χ3v) is 7.20. The van der Waals surface area contributed by atoms with Crippen molar-refractivity contribution in [2.24, 2.45) is 11.8 Å². The number of aryl methyl sites for hydroxylation is 1. The van der Waals surface area contributed by atoms with E-state index in [-0.39, 0.29) is 48.2 Å². The molecule has 26 heavy (non-hydrogen) atoms. The number of hydrogen-bond acceptors (Lipinski definition) is 5. The van der Waals surface area contributed by atoms with Gasteiger partial charge in [0.25, 0.3) is 0 Å². The molecule has 1 aromatic carbocycles. The first-order valence-corrected chi connectivity index (χ1v) is 10.4. The lowest BCUT2D eigenvalue weighted by molar-refractivity contribution is -0.144. The molecule has 1 saturated carbocycles. The van der Waals surface area contributed by atoms with Gasteiger partial charge in [-0.3, -0.25) is 14.4 Å². The maximum Gasteiger partial charge on any atom is 0.243 e. The Balaban J connectivity index is 1.67. The van der Waals surface area contributed by atoms with Crippen LogP contribution in [0.1, 0.15) is 37.7 Å². The number of rotatable bonds is 4. The van der Waals surface area contributed by atoms with Gasteiger partial charge in [-0.25, -0.2) is 8.42 Å². The van der Waals surface area contributed by atoms with Crippen molar-refractivity contribution in [1.82, 2.24) is 4.31 Å². The van der Waals surface area contributed by atoms with E-state index >= 15 is 0 Å². The number of benzene rings is 1. The highest BCUT2D eigenvalue weighted by Gasteiger charge is 2.41. The molecule has 0 aromatic heterocycles. The molecular formula is C19H23NO5S. The van der Waals surface area contributed by atoms with Crippen LogP contribution in [0.2, 0.25) is 0 Å². The van der Waals surface area contributed by atoms with Gasteiger partial charge in [0, 0.05) is 31.8 Å². The minimum Gasteiger partial charge on any atom is -0.298 e. The molecule has 0 atom stereocenters. The number of sulfonamides is 1. The van der Waals surface area contributed by atoms with Gasteiger partial charge in [-0.05, 0) is 38.3 Å². The van der Waals surface area contributed by atoms with Crippen molar-refractivity contribution in [2.45, 2.75) is 43.9 Å². The molecule has 0 radical (unpaired) electrons. The monoisotopic (exact) mass is 377 g/mol. The van der Waals surface area contributed by atoms with Crippen molar-refractivity contribution in [3.63, 3.8) is 0 Å². The predicted molar refractivity (Wildman–Crippen MR) is 95.0 cm³/mol. The SMILES string of the molecule is Cc1ccc(S(=O)(=O)N2CCC(C(=O)C3C(=O)CCCC3=O)CC2)cc1. The van der Waals surface area contributed by atoms with Crippen molar-refractivity contribution in [1.29, 1.82) is 0 Å². The maximum atomic E-state index is 12.7. The number of ketones is 3. The van der Waals surface area contributed by atoms with E-state index in [9.17, 15) is 22.8 Å². The summed E-state index contributed by atoms with van der Waals surface area (Å²) in [6.45, 7) is 2.34. The molecule has 1 saturated heterocycles. The standard InChI is InChI=1S/C19H23NO5S/c1-13-5-7-15(8-6-13)26(24,25)20-11-9-14(10-12-20)19(23)18-16(21)3-2-4-17(18)22/h5-8,14,18H,2-4,9-12H2,1H3. The Morgan fingerprint density at radius 3 is 2.08 bits per heavy atom. The predicted octanol–water partition coefficient (Wildman–Crippen LogP) is 1.90. The van der Waals surface area contributed by atoms with Crippen molar-refractivity contribution in [3.05, 3.63) is 29.8 Å². The Morgan fingerprint density at radius 2 is 1.54 bits per heavy atom. The Labute approximate surface area is 153 Å². The lowest BCUT2D eigenvalue weighted by Crippen LogP contribution is -2.44. The van der Waals surface area contributed by atoms with Gasteiger partial charge in [-0.2, -0.15) is 4.31 Å². The second kappa shape index (κ2) is 7.40. The highest BCUT2D eigenvalue weighted by atomic mass is 32.2. The normalized spacial score (nSPS) is 21.1. The summed E-state index contributed by atoms with van der Waals surface area (Å²) < 4.78 is 26.8. The van der Waals surface area contributed by atoms with Crippen LogP contribution in [0.3, 0.4) is 0 Å². The van der Waals surface area contributed by atoms with E-state index in [2.05, 4.69) is 0 Å². The zero-order valence-electron chi connectivity index (χ0n) is 14.8. The van der Waals surface area contributed by atoms with Crippen LogP contribution in [0, 0.1) is 18.8 Å². The number of piperidine rings is 1. The van der Waals surface area contributed by atoms with Crippen LogP contribution in [0.5, 0.6) is 0 Å². The van der Waals surface area contributed by atoms with Gasteiger partial charge >= 0.3 is 0 Å². The van der Waals surface area contributed by atoms with E-state index in [1.807, 2.05) is 6.92 Å². The van der Waals surface area contributed by atoms with E-state index in [1.165, 1.54) is 4.31 Å². The quantitative estimate of drug-likeness (QED) is 0.748. The van der Waals surface area contributed by atoms with E-state index in [0.717, 1.165) is 5.56 Å². The molecule has 2 fully saturated rings. The van der Waals surface area contributed by atoms with Gasteiger partial charge in [0.05, 0.1) is 4.90 Å². The smallest absolute Gasteiger partial charge is 0.243 e. The Bertz CT molecular complexity index is 804. The lowest BCUT2D eigenvalue weighted by atomic mass is 9.77. The number of hydrogen-bond donors (Lipinski definition) is 0. The minimum absolute atomic E-state index is 0.224. The molecule has 1 aliphatic carbocycles. The summed E-state index contributed by atoms with van der Waals surface area (Å²) >= 11 is 0. The molecule has 6 nitrogen and oxygen atoms in total. The fraction of sp³-hybridized carbons (Fsp3) is 0.526. The molecule has 140 valence electrons. The van der Waals surface area contributed by atoms with E-state index < -0.39 is 21.9 Å². The van der Waals surface area contributed by atoms with E-state index in [0.29, 0.717) is 19.3 Å². The molecule has 2 aliphatic rings. The van der Waals surface area contributed by atoms with Gasteiger partial charge in [-0.15, -0.1) is 0 Å². The van der Waals surface area contributed by atoms with Crippen LogP contribution in [0.25, 0.3) is 0 Å². The summed E-state index contributed by atoms with van der Waals surface area (Å²) in [5.74, 6) is -2.40. The third kappa shape index (κ3) is 3.64. The highest BCUT2D eigenvalue weighted by Crippen LogP contribution is 2.29. The van der Waals surface area contributed by atoms with Gasteiger partial charge in [0.1, 0.15) is 5.92 Å². The van der Waals surface area contributed by atoms with Crippen molar-refractivity contribution < 1.29 is 22.8 Å². The van der Waals surface area contributed by atoms with E-state index in [4.69, 9.17) is 0 Å². The van der Waals surface area contributed by atoms with Crippen molar-refractivity contribution >= 4 is 27.4 Å². The Kier molecular flexibility index (Phi) is 5.39. The zero-order valence-corrected chi connectivity index (χ0v) is 15.6. The molecule has 0 amide bonds. The summed E-state index contributed by atoms with van der Waals surface area (Å²) in [7, 11) is -3.59. The summed E-state index contributed by atoms with van der Waals surface area (Å²) in [6.07, 6.45) is 1.78. The zero-order chi connectivity index (χ0) is 18.9.